The van der Waals surface area contributed by atoms with Gasteiger partial charge in [-0.3, -0.25) is 9.88 Å². The molecular formula is C17H17ClN2O2. The predicted octanol–water partition coefficient (Wildman–Crippen LogP) is 3.08. The molecule has 0 radical (unpaired) electrons. The molecule has 0 bridgehead atoms. The molecule has 5 heteroatoms. The van der Waals surface area contributed by atoms with Gasteiger partial charge in [-0.05, 0) is 17.5 Å². The highest BCUT2D eigenvalue weighted by Gasteiger charge is 2.23. The number of nitrogens with zero attached hydrogens (tertiary/aromatic N) is 2. The van der Waals surface area contributed by atoms with Crippen molar-refractivity contribution in [2.75, 3.05) is 13.7 Å². The number of aromatic nitrogens is 1. The number of pyridine rings is 1. The number of hydrogen-bond donors (Lipinski definition) is 0. The molecule has 0 amide bonds. The monoisotopic (exact) mass is 316 g/mol. The Bertz CT molecular complexity index is 689. The summed E-state index contributed by atoms with van der Waals surface area (Å²) in [6.45, 7) is 2.53. The molecule has 1 aromatic heterocycles. The van der Waals surface area contributed by atoms with E-state index in [1.807, 2.05) is 18.2 Å². The Balaban J connectivity index is 1.79. The molecule has 0 saturated carbocycles. The van der Waals surface area contributed by atoms with Crippen molar-refractivity contribution in [3.63, 3.8) is 0 Å². The van der Waals surface area contributed by atoms with Crippen molar-refractivity contribution in [3.05, 3.63) is 63.9 Å². The molecule has 114 valence electrons. The SMILES string of the molecule is COC(=O)c1cnc2c(c1Cl)CCN(Cc1ccccc1)C2. The van der Waals surface area contributed by atoms with Crippen LogP contribution in [0, 0.1) is 0 Å². The molecule has 1 aliphatic heterocycles. The normalized spacial score (nSPS) is 14.5. The van der Waals surface area contributed by atoms with E-state index >= 15 is 0 Å². The van der Waals surface area contributed by atoms with Crippen molar-refractivity contribution in [1.29, 1.82) is 0 Å². The molecule has 0 saturated heterocycles. The van der Waals surface area contributed by atoms with Crippen LogP contribution < -0.4 is 0 Å². The quantitative estimate of drug-likeness (QED) is 0.816. The Labute approximate surface area is 134 Å². The van der Waals surface area contributed by atoms with Gasteiger partial charge in [-0.15, -0.1) is 0 Å². The zero-order valence-corrected chi connectivity index (χ0v) is 13.1. The highest BCUT2D eigenvalue weighted by atomic mass is 35.5. The van der Waals surface area contributed by atoms with Gasteiger partial charge >= 0.3 is 5.97 Å². The van der Waals surface area contributed by atoms with Gasteiger partial charge in [0.1, 0.15) is 0 Å². The van der Waals surface area contributed by atoms with Crippen LogP contribution in [0.1, 0.15) is 27.2 Å². The van der Waals surface area contributed by atoms with Crippen LogP contribution in [0.2, 0.25) is 5.02 Å². The lowest BCUT2D eigenvalue weighted by molar-refractivity contribution is 0.0600. The van der Waals surface area contributed by atoms with E-state index < -0.39 is 5.97 Å². The highest BCUT2D eigenvalue weighted by Crippen LogP contribution is 2.28. The van der Waals surface area contributed by atoms with Gasteiger partial charge in [0.15, 0.2) is 0 Å². The number of rotatable bonds is 3. The molecule has 2 heterocycles. The van der Waals surface area contributed by atoms with Crippen molar-refractivity contribution >= 4 is 17.6 Å². The first-order valence-corrected chi connectivity index (χ1v) is 7.57. The van der Waals surface area contributed by atoms with Crippen molar-refractivity contribution < 1.29 is 9.53 Å². The third-order valence-corrected chi connectivity index (χ3v) is 4.34. The summed E-state index contributed by atoms with van der Waals surface area (Å²) < 4.78 is 4.73. The fourth-order valence-electron chi connectivity index (χ4n) is 2.75. The molecule has 0 spiro atoms. The van der Waals surface area contributed by atoms with Gasteiger partial charge in [0.05, 0.1) is 23.4 Å². The second-order valence-corrected chi connectivity index (χ2v) is 5.73. The maximum atomic E-state index is 11.7. The van der Waals surface area contributed by atoms with Crippen LogP contribution >= 0.6 is 11.6 Å². The van der Waals surface area contributed by atoms with Crippen molar-refractivity contribution in [3.8, 4) is 0 Å². The third kappa shape index (κ3) is 2.98. The van der Waals surface area contributed by atoms with Crippen molar-refractivity contribution in [1.82, 2.24) is 9.88 Å². The van der Waals surface area contributed by atoms with Crippen LogP contribution in [0.4, 0.5) is 0 Å². The maximum Gasteiger partial charge on any atom is 0.340 e. The number of ether oxygens (including phenoxy) is 1. The van der Waals surface area contributed by atoms with Crippen LogP contribution in [0.25, 0.3) is 0 Å². The lowest BCUT2D eigenvalue weighted by atomic mass is 10.0. The molecule has 1 aromatic carbocycles. The van der Waals surface area contributed by atoms with Gasteiger partial charge in [-0.2, -0.15) is 0 Å². The molecule has 1 aliphatic rings. The van der Waals surface area contributed by atoms with E-state index in [9.17, 15) is 4.79 Å². The number of hydrogen-bond acceptors (Lipinski definition) is 4. The molecule has 0 fully saturated rings. The number of fused-ring (bicyclic) bond motifs is 1. The summed E-state index contributed by atoms with van der Waals surface area (Å²) >= 11 is 6.35. The molecule has 0 unspecified atom stereocenters. The summed E-state index contributed by atoms with van der Waals surface area (Å²) in [4.78, 5) is 18.4. The number of esters is 1. The predicted molar refractivity (Wildman–Crippen MR) is 84.8 cm³/mol. The van der Waals surface area contributed by atoms with E-state index in [0.29, 0.717) is 10.6 Å². The molecule has 0 N–H and O–H groups in total. The first-order chi connectivity index (χ1) is 10.7. The van der Waals surface area contributed by atoms with Gasteiger partial charge in [0.2, 0.25) is 0 Å². The fourth-order valence-corrected chi connectivity index (χ4v) is 3.08. The second-order valence-electron chi connectivity index (χ2n) is 5.35. The Hall–Kier alpha value is -1.91. The topological polar surface area (TPSA) is 42.4 Å². The Morgan fingerprint density at radius 1 is 1.36 bits per heavy atom. The summed E-state index contributed by atoms with van der Waals surface area (Å²) in [5, 5.41) is 0.483. The van der Waals surface area contributed by atoms with Crippen LogP contribution in [0.5, 0.6) is 0 Å². The number of benzene rings is 1. The summed E-state index contributed by atoms with van der Waals surface area (Å²) in [6.07, 6.45) is 2.30. The van der Waals surface area contributed by atoms with E-state index in [1.165, 1.54) is 18.9 Å². The molecule has 4 nitrogen and oxygen atoms in total. The van der Waals surface area contributed by atoms with E-state index in [0.717, 1.165) is 37.3 Å². The van der Waals surface area contributed by atoms with Gasteiger partial charge < -0.3 is 4.74 Å². The fraction of sp³-hybridized carbons (Fsp3) is 0.294. The number of halogens is 1. The Morgan fingerprint density at radius 3 is 2.86 bits per heavy atom. The summed E-state index contributed by atoms with van der Waals surface area (Å²) in [6, 6.07) is 10.4. The summed E-state index contributed by atoms with van der Waals surface area (Å²) in [5.74, 6) is -0.438. The zero-order valence-electron chi connectivity index (χ0n) is 12.4. The maximum absolute atomic E-state index is 11.7. The minimum Gasteiger partial charge on any atom is -0.465 e. The molecule has 3 rings (SSSR count). The Morgan fingerprint density at radius 2 is 2.14 bits per heavy atom. The number of methoxy groups -OCH3 is 1. The van der Waals surface area contributed by atoms with Crippen LogP contribution in [0.3, 0.4) is 0 Å². The third-order valence-electron chi connectivity index (χ3n) is 3.90. The summed E-state index contributed by atoms with van der Waals surface area (Å²) in [5.41, 5.74) is 3.54. The largest absolute Gasteiger partial charge is 0.465 e. The lowest BCUT2D eigenvalue weighted by Crippen LogP contribution is -2.31. The molecular weight excluding hydrogens is 300 g/mol. The molecule has 2 aromatic rings. The standard InChI is InChI=1S/C17H17ClN2O2/c1-22-17(21)14-9-19-15-11-20(8-7-13(15)16(14)18)10-12-5-3-2-4-6-12/h2-6,9H,7-8,10-11H2,1H3. The zero-order chi connectivity index (χ0) is 15.5. The molecule has 22 heavy (non-hydrogen) atoms. The minimum absolute atomic E-state index is 0.347. The molecule has 0 atom stereocenters. The van der Waals surface area contributed by atoms with Crippen LogP contribution in [-0.2, 0) is 24.2 Å². The van der Waals surface area contributed by atoms with Gasteiger partial charge in [0, 0.05) is 25.8 Å². The first-order valence-electron chi connectivity index (χ1n) is 7.20. The average molecular weight is 317 g/mol. The highest BCUT2D eigenvalue weighted by molar-refractivity contribution is 6.34. The lowest BCUT2D eigenvalue weighted by Gasteiger charge is -2.28. The van der Waals surface area contributed by atoms with Gasteiger partial charge in [0.25, 0.3) is 0 Å². The second kappa shape index (κ2) is 6.46. The Kier molecular flexibility index (Phi) is 4.41. The minimum atomic E-state index is -0.438. The van der Waals surface area contributed by atoms with Gasteiger partial charge in [-0.1, -0.05) is 41.9 Å². The van der Waals surface area contributed by atoms with E-state index in [4.69, 9.17) is 16.3 Å². The molecule has 0 aliphatic carbocycles. The smallest absolute Gasteiger partial charge is 0.340 e. The van der Waals surface area contributed by atoms with Crippen LogP contribution in [0.15, 0.2) is 36.5 Å². The van der Waals surface area contributed by atoms with E-state index in [1.54, 1.807) is 0 Å². The summed E-state index contributed by atoms with van der Waals surface area (Å²) in [7, 11) is 1.35. The number of carbonyl (C=O) groups is 1. The first kappa shape index (κ1) is 15.0. The average Bonchev–Trinajstić information content (AvgIpc) is 2.55. The van der Waals surface area contributed by atoms with Crippen LogP contribution in [-0.4, -0.2) is 29.5 Å². The van der Waals surface area contributed by atoms with Crippen molar-refractivity contribution in [2.45, 2.75) is 19.5 Å². The van der Waals surface area contributed by atoms with E-state index in [-0.39, 0.29) is 0 Å². The van der Waals surface area contributed by atoms with E-state index in [2.05, 4.69) is 22.0 Å². The van der Waals surface area contributed by atoms with Gasteiger partial charge in [-0.25, -0.2) is 4.79 Å². The number of carbonyl (C=O) groups excluding carboxylic acids is 1. The van der Waals surface area contributed by atoms with Crippen molar-refractivity contribution in [2.24, 2.45) is 0 Å².